The first-order chi connectivity index (χ1) is 22.4. The molecule has 12 heteroatoms. The summed E-state index contributed by atoms with van der Waals surface area (Å²) in [7, 11) is 0. The zero-order chi connectivity index (χ0) is 34.1. The number of benzene rings is 4. The van der Waals surface area contributed by atoms with Gasteiger partial charge in [0.1, 0.15) is 0 Å². The first kappa shape index (κ1) is 33.6. The summed E-state index contributed by atoms with van der Waals surface area (Å²) in [6, 6.07) is 24.9. The van der Waals surface area contributed by atoms with E-state index in [1.54, 1.807) is 62.4 Å². The van der Waals surface area contributed by atoms with Crippen LogP contribution in [0, 0.1) is 20.8 Å². The van der Waals surface area contributed by atoms with E-state index in [-0.39, 0.29) is 22.6 Å². The highest BCUT2D eigenvalue weighted by Crippen LogP contribution is 2.16. The Bertz CT molecular complexity index is 1820. The number of nitrogens with one attached hydrogen (secondary N) is 3. The van der Waals surface area contributed by atoms with Crippen molar-refractivity contribution in [1.29, 1.82) is 0 Å². The normalized spacial score (nSPS) is 11.7. The molecule has 0 fully saturated rings. The number of aryl methyl sites for hydroxylation is 3. The van der Waals surface area contributed by atoms with Crippen molar-refractivity contribution in [2.24, 2.45) is 0 Å². The van der Waals surface area contributed by atoms with Crippen LogP contribution in [-0.4, -0.2) is 52.9 Å². The number of aliphatic carboxylic acids is 1. The summed E-state index contributed by atoms with van der Waals surface area (Å²) in [5.74, 6) is -6.38. The van der Waals surface area contributed by atoms with E-state index in [0.717, 1.165) is 5.56 Å². The van der Waals surface area contributed by atoms with Crippen molar-refractivity contribution in [3.05, 3.63) is 136 Å². The van der Waals surface area contributed by atoms with E-state index in [1.807, 2.05) is 12.3 Å². The molecule has 240 valence electrons. The molecular weight excluding hydrogens is 606 g/mol. The second-order valence-corrected chi connectivity index (χ2v) is 10.6. The Morgan fingerprint density at radius 3 is 1.55 bits per heavy atom. The molecule has 0 aliphatic carbocycles. The summed E-state index contributed by atoms with van der Waals surface area (Å²) in [5.41, 5.74) is 7.48. The van der Waals surface area contributed by atoms with Gasteiger partial charge in [-0.25, -0.2) is 14.4 Å². The van der Waals surface area contributed by atoms with E-state index >= 15 is 0 Å². The molecular formula is C35H31N3O9. The van der Waals surface area contributed by atoms with Gasteiger partial charge in [0.2, 0.25) is 12.2 Å². The number of carboxylic acid groups (broad SMARTS) is 1. The van der Waals surface area contributed by atoms with Crippen LogP contribution in [0.15, 0.2) is 97.1 Å². The lowest BCUT2D eigenvalue weighted by Gasteiger charge is -2.23. The van der Waals surface area contributed by atoms with Crippen LogP contribution in [0.25, 0.3) is 0 Å². The second-order valence-electron chi connectivity index (χ2n) is 10.6. The highest BCUT2D eigenvalue weighted by molar-refractivity contribution is 6.05. The van der Waals surface area contributed by atoms with Gasteiger partial charge in [0, 0.05) is 16.8 Å². The summed E-state index contributed by atoms with van der Waals surface area (Å²) >= 11 is 0. The maximum absolute atomic E-state index is 13.3. The summed E-state index contributed by atoms with van der Waals surface area (Å²) in [6.07, 6.45) is -4.50. The van der Waals surface area contributed by atoms with Crippen LogP contribution >= 0.6 is 0 Å². The molecule has 2 atom stereocenters. The minimum absolute atomic E-state index is 0.00669. The Morgan fingerprint density at radius 1 is 0.553 bits per heavy atom. The highest BCUT2D eigenvalue weighted by Gasteiger charge is 2.41. The standard InChI is InChI=1S/C35H31N3O9/c1-20-10-12-23(13-11-20)30(39)36-27-16-14-24(15-17-27)31(40)37-38-32(41)28(46-34(44)25-8-4-6-21(2)18-25)29(33(42)43)47-35(45)26-9-5-7-22(3)19-26/h4-19,28-29H,1-3H3,(H,36,39)(H,37,40)(H,38,41)(H,42,43)/t28-,29+/m0/s1. The third kappa shape index (κ3) is 9.11. The van der Waals surface area contributed by atoms with Gasteiger partial charge in [-0.2, -0.15) is 0 Å². The third-order valence-corrected chi connectivity index (χ3v) is 6.77. The molecule has 47 heavy (non-hydrogen) atoms. The Balaban J connectivity index is 1.48. The number of anilines is 1. The number of hydrazine groups is 1. The minimum Gasteiger partial charge on any atom is -0.478 e. The number of esters is 2. The lowest BCUT2D eigenvalue weighted by Crippen LogP contribution is -2.54. The van der Waals surface area contributed by atoms with Gasteiger partial charge in [0.25, 0.3) is 17.7 Å². The lowest BCUT2D eigenvalue weighted by atomic mass is 10.1. The van der Waals surface area contributed by atoms with E-state index in [0.29, 0.717) is 22.4 Å². The Morgan fingerprint density at radius 2 is 1.04 bits per heavy atom. The third-order valence-electron chi connectivity index (χ3n) is 6.77. The molecule has 0 saturated heterocycles. The van der Waals surface area contributed by atoms with Crippen molar-refractivity contribution in [3.8, 4) is 0 Å². The number of ether oxygens (including phenoxy) is 2. The molecule has 3 amide bonds. The van der Waals surface area contributed by atoms with Crippen LogP contribution in [-0.2, 0) is 19.1 Å². The summed E-state index contributed by atoms with van der Waals surface area (Å²) < 4.78 is 10.4. The molecule has 0 aromatic heterocycles. The smallest absolute Gasteiger partial charge is 0.349 e. The predicted molar refractivity (Wildman–Crippen MR) is 170 cm³/mol. The molecule has 0 saturated carbocycles. The zero-order valence-electron chi connectivity index (χ0n) is 25.6. The average Bonchev–Trinajstić information content (AvgIpc) is 3.05. The maximum Gasteiger partial charge on any atom is 0.349 e. The second kappa shape index (κ2) is 15.1. The van der Waals surface area contributed by atoms with Gasteiger partial charge >= 0.3 is 17.9 Å². The fourth-order valence-electron chi connectivity index (χ4n) is 4.28. The molecule has 4 aromatic rings. The van der Waals surface area contributed by atoms with Crippen molar-refractivity contribution in [2.45, 2.75) is 33.0 Å². The summed E-state index contributed by atoms with van der Waals surface area (Å²) in [6.45, 7) is 5.33. The van der Waals surface area contributed by atoms with Crippen LogP contribution in [0.2, 0.25) is 0 Å². The topological polar surface area (TPSA) is 177 Å². The van der Waals surface area contributed by atoms with Crippen molar-refractivity contribution >= 4 is 41.3 Å². The number of carbonyl (C=O) groups is 6. The van der Waals surface area contributed by atoms with Crippen LogP contribution < -0.4 is 16.2 Å². The van der Waals surface area contributed by atoms with Crippen LogP contribution in [0.4, 0.5) is 5.69 Å². The van der Waals surface area contributed by atoms with E-state index in [1.165, 1.54) is 48.5 Å². The van der Waals surface area contributed by atoms with Gasteiger partial charge in [-0.15, -0.1) is 0 Å². The summed E-state index contributed by atoms with van der Waals surface area (Å²) in [4.78, 5) is 76.6. The Kier molecular flexibility index (Phi) is 10.8. The molecule has 12 nitrogen and oxygen atoms in total. The number of hydrogen-bond donors (Lipinski definition) is 4. The largest absolute Gasteiger partial charge is 0.478 e. The molecule has 0 unspecified atom stereocenters. The van der Waals surface area contributed by atoms with Gasteiger partial charge in [0.15, 0.2) is 0 Å². The molecule has 4 rings (SSSR count). The number of rotatable bonds is 10. The fraction of sp³-hybridized carbons (Fsp3) is 0.143. The quantitative estimate of drug-likeness (QED) is 0.147. The Hall–Kier alpha value is -6.30. The van der Waals surface area contributed by atoms with E-state index in [9.17, 15) is 33.9 Å². The average molecular weight is 638 g/mol. The molecule has 0 aliphatic heterocycles. The number of hydrogen-bond acceptors (Lipinski definition) is 8. The first-order valence-electron chi connectivity index (χ1n) is 14.3. The summed E-state index contributed by atoms with van der Waals surface area (Å²) in [5, 5.41) is 12.6. The van der Waals surface area contributed by atoms with Crippen LogP contribution in [0.3, 0.4) is 0 Å². The Labute approximate surface area is 269 Å². The highest BCUT2D eigenvalue weighted by atomic mass is 16.6. The molecule has 4 N–H and O–H groups in total. The first-order valence-corrected chi connectivity index (χ1v) is 14.3. The molecule has 0 bridgehead atoms. The SMILES string of the molecule is Cc1ccc(C(=O)Nc2ccc(C(=O)NNC(=O)[C@@H](OC(=O)c3cccc(C)c3)[C@@H](OC(=O)c3cccc(C)c3)C(=O)O)cc2)cc1. The van der Waals surface area contributed by atoms with Crippen molar-refractivity contribution in [1.82, 2.24) is 10.9 Å². The molecule has 4 aromatic carbocycles. The van der Waals surface area contributed by atoms with Crippen molar-refractivity contribution in [2.75, 3.05) is 5.32 Å². The zero-order valence-corrected chi connectivity index (χ0v) is 25.6. The molecule has 0 aliphatic rings. The van der Waals surface area contributed by atoms with Gasteiger partial charge in [-0.05, 0) is 81.4 Å². The monoisotopic (exact) mass is 637 g/mol. The van der Waals surface area contributed by atoms with Crippen molar-refractivity contribution < 1.29 is 43.3 Å². The minimum atomic E-state index is -2.29. The number of carbonyl (C=O) groups excluding carboxylic acids is 5. The molecule has 0 spiro atoms. The number of amides is 3. The predicted octanol–water partition coefficient (Wildman–Crippen LogP) is 4.16. The van der Waals surface area contributed by atoms with Crippen LogP contribution in [0.1, 0.15) is 58.1 Å². The van der Waals surface area contributed by atoms with Crippen molar-refractivity contribution in [3.63, 3.8) is 0 Å². The van der Waals surface area contributed by atoms with Gasteiger partial charge < -0.3 is 19.9 Å². The van der Waals surface area contributed by atoms with E-state index in [2.05, 4.69) is 10.7 Å². The molecule has 0 heterocycles. The van der Waals surface area contributed by atoms with Crippen LogP contribution in [0.5, 0.6) is 0 Å². The lowest BCUT2D eigenvalue weighted by molar-refractivity contribution is -0.159. The van der Waals surface area contributed by atoms with Gasteiger partial charge in [0.05, 0.1) is 11.1 Å². The van der Waals surface area contributed by atoms with E-state index < -0.39 is 41.9 Å². The fourth-order valence-corrected chi connectivity index (χ4v) is 4.28. The number of carboxylic acids is 1. The maximum atomic E-state index is 13.3. The van der Waals surface area contributed by atoms with Gasteiger partial charge in [-0.3, -0.25) is 25.2 Å². The van der Waals surface area contributed by atoms with E-state index in [4.69, 9.17) is 9.47 Å². The van der Waals surface area contributed by atoms with Gasteiger partial charge in [-0.1, -0.05) is 53.1 Å². The molecule has 0 radical (unpaired) electrons.